The molecule has 1 aliphatic carbocycles. The molecule has 0 bridgehead atoms. The second kappa shape index (κ2) is 4.13. The van der Waals surface area contributed by atoms with Crippen molar-refractivity contribution in [3.8, 4) is 0 Å². The van der Waals surface area contributed by atoms with Gasteiger partial charge in [-0.1, -0.05) is 18.6 Å². The summed E-state index contributed by atoms with van der Waals surface area (Å²) in [7, 11) is 0. The number of hydrogen-bond donors (Lipinski definition) is 1. The van der Waals surface area contributed by atoms with Crippen LogP contribution in [0, 0.1) is 5.82 Å². The van der Waals surface area contributed by atoms with Crippen LogP contribution in [-0.4, -0.2) is 6.54 Å². The van der Waals surface area contributed by atoms with Crippen LogP contribution in [0.4, 0.5) is 8.78 Å². The lowest BCUT2D eigenvalue weighted by Gasteiger charge is -2.43. The highest BCUT2D eigenvalue weighted by molar-refractivity contribution is 5.39. The van der Waals surface area contributed by atoms with E-state index in [0.717, 1.165) is 24.8 Å². The molecular weight excluding hydrogens is 208 g/mol. The molecule has 0 amide bonds. The number of nitrogens with two attached hydrogens (primary N) is 1. The van der Waals surface area contributed by atoms with E-state index in [1.54, 1.807) is 6.07 Å². The van der Waals surface area contributed by atoms with E-state index in [4.69, 9.17) is 5.73 Å². The third kappa shape index (κ3) is 1.63. The zero-order valence-electron chi connectivity index (χ0n) is 9.47. The summed E-state index contributed by atoms with van der Waals surface area (Å²) in [6.07, 6.45) is 1.69. The van der Waals surface area contributed by atoms with Gasteiger partial charge in [-0.25, -0.2) is 8.78 Å². The highest BCUT2D eigenvalue weighted by atomic mass is 19.1. The molecule has 1 aromatic rings. The van der Waals surface area contributed by atoms with E-state index in [1.807, 2.05) is 6.07 Å². The van der Waals surface area contributed by atoms with Crippen LogP contribution in [0.15, 0.2) is 18.2 Å². The van der Waals surface area contributed by atoms with Gasteiger partial charge in [0.05, 0.1) is 0 Å². The molecule has 1 nitrogen and oxygen atoms in total. The molecule has 0 heterocycles. The van der Waals surface area contributed by atoms with Crippen molar-refractivity contribution in [2.45, 2.75) is 37.8 Å². The minimum Gasteiger partial charge on any atom is -0.330 e. The monoisotopic (exact) mass is 225 g/mol. The van der Waals surface area contributed by atoms with Crippen LogP contribution in [0.2, 0.25) is 0 Å². The highest BCUT2D eigenvalue weighted by Gasteiger charge is 2.40. The van der Waals surface area contributed by atoms with E-state index in [0.29, 0.717) is 6.54 Å². The smallest absolute Gasteiger partial charge is 0.129 e. The van der Waals surface area contributed by atoms with Crippen molar-refractivity contribution in [2.24, 2.45) is 5.73 Å². The van der Waals surface area contributed by atoms with Gasteiger partial charge in [-0.3, -0.25) is 0 Å². The van der Waals surface area contributed by atoms with Crippen molar-refractivity contribution in [1.29, 1.82) is 0 Å². The standard InChI is InChI=1S/C13H17F2N/c1-9(14)12-10(4-2-5-11(12)15)13(8-16)6-3-7-13/h2,4-5,9H,3,6-8,16H2,1H3. The van der Waals surface area contributed by atoms with E-state index in [-0.39, 0.29) is 11.0 Å². The topological polar surface area (TPSA) is 26.0 Å². The molecule has 1 atom stereocenters. The first-order valence-electron chi connectivity index (χ1n) is 5.74. The Bertz CT molecular complexity index is 378. The normalized spacial score (nSPS) is 20.2. The average molecular weight is 225 g/mol. The average Bonchev–Trinajstić information content (AvgIpc) is 2.16. The molecule has 1 aromatic carbocycles. The lowest BCUT2D eigenvalue weighted by Crippen LogP contribution is -2.42. The van der Waals surface area contributed by atoms with E-state index in [9.17, 15) is 8.78 Å². The molecule has 2 rings (SSSR count). The molecule has 1 saturated carbocycles. The molecule has 3 heteroatoms. The summed E-state index contributed by atoms with van der Waals surface area (Å²) < 4.78 is 27.1. The van der Waals surface area contributed by atoms with Gasteiger partial charge in [0.2, 0.25) is 0 Å². The minimum atomic E-state index is -1.28. The lowest BCUT2D eigenvalue weighted by atomic mass is 9.63. The molecule has 0 spiro atoms. The Morgan fingerprint density at radius 1 is 1.44 bits per heavy atom. The van der Waals surface area contributed by atoms with Crippen LogP contribution in [-0.2, 0) is 5.41 Å². The molecule has 0 aromatic heterocycles. The molecule has 2 N–H and O–H groups in total. The molecule has 1 unspecified atom stereocenters. The summed E-state index contributed by atoms with van der Waals surface area (Å²) in [5, 5.41) is 0. The Morgan fingerprint density at radius 3 is 2.56 bits per heavy atom. The van der Waals surface area contributed by atoms with Crippen molar-refractivity contribution in [2.75, 3.05) is 6.54 Å². The number of hydrogen-bond acceptors (Lipinski definition) is 1. The van der Waals surface area contributed by atoms with E-state index < -0.39 is 12.0 Å². The lowest BCUT2D eigenvalue weighted by molar-refractivity contribution is 0.243. The van der Waals surface area contributed by atoms with Gasteiger partial charge < -0.3 is 5.73 Å². The quantitative estimate of drug-likeness (QED) is 0.839. The van der Waals surface area contributed by atoms with Gasteiger partial charge >= 0.3 is 0 Å². The first-order chi connectivity index (χ1) is 7.60. The van der Waals surface area contributed by atoms with Gasteiger partial charge in [0.25, 0.3) is 0 Å². The molecule has 0 saturated heterocycles. The summed E-state index contributed by atoms with van der Waals surface area (Å²) in [6.45, 7) is 1.85. The third-order valence-corrected chi connectivity index (χ3v) is 3.72. The predicted octanol–water partition coefficient (Wildman–Crippen LogP) is 3.24. The summed E-state index contributed by atoms with van der Waals surface area (Å²) in [6, 6.07) is 4.78. The zero-order chi connectivity index (χ0) is 11.8. The molecule has 88 valence electrons. The van der Waals surface area contributed by atoms with Gasteiger partial charge in [0, 0.05) is 17.5 Å². The van der Waals surface area contributed by atoms with E-state index in [1.165, 1.54) is 13.0 Å². The zero-order valence-corrected chi connectivity index (χ0v) is 9.47. The summed E-state index contributed by atoms with van der Waals surface area (Å²) >= 11 is 0. The first-order valence-corrected chi connectivity index (χ1v) is 5.74. The van der Waals surface area contributed by atoms with Gasteiger partial charge in [-0.05, 0) is 31.4 Å². The van der Waals surface area contributed by atoms with Crippen LogP contribution in [0.1, 0.15) is 43.5 Å². The van der Waals surface area contributed by atoms with Crippen LogP contribution in [0.3, 0.4) is 0 Å². The summed E-state index contributed by atoms with van der Waals surface area (Å²) in [5.41, 5.74) is 6.57. The Kier molecular flexibility index (Phi) is 2.98. The van der Waals surface area contributed by atoms with E-state index >= 15 is 0 Å². The minimum absolute atomic E-state index is 0.183. The molecule has 0 aliphatic heterocycles. The number of halogens is 2. The van der Waals surface area contributed by atoms with E-state index in [2.05, 4.69) is 0 Å². The SMILES string of the molecule is CC(F)c1c(F)cccc1C1(CN)CCC1. The van der Waals surface area contributed by atoms with Crippen molar-refractivity contribution < 1.29 is 8.78 Å². The van der Waals surface area contributed by atoms with Gasteiger partial charge in [-0.2, -0.15) is 0 Å². The highest BCUT2D eigenvalue weighted by Crippen LogP contribution is 2.46. The van der Waals surface area contributed by atoms with Crippen LogP contribution < -0.4 is 5.73 Å². The molecule has 16 heavy (non-hydrogen) atoms. The van der Waals surface area contributed by atoms with Crippen molar-refractivity contribution in [1.82, 2.24) is 0 Å². The summed E-state index contributed by atoms with van der Waals surface area (Å²) in [5.74, 6) is -0.452. The Labute approximate surface area is 94.7 Å². The number of alkyl halides is 1. The first kappa shape index (κ1) is 11.5. The molecule has 1 aliphatic rings. The second-order valence-corrected chi connectivity index (χ2v) is 4.66. The van der Waals surface area contributed by atoms with Crippen molar-refractivity contribution >= 4 is 0 Å². The van der Waals surface area contributed by atoms with Crippen LogP contribution in [0.25, 0.3) is 0 Å². The molecular formula is C13H17F2N. The molecule has 0 radical (unpaired) electrons. The van der Waals surface area contributed by atoms with Gasteiger partial charge in [0.1, 0.15) is 12.0 Å². The maximum atomic E-state index is 13.6. The number of rotatable bonds is 3. The van der Waals surface area contributed by atoms with Crippen LogP contribution >= 0.6 is 0 Å². The Morgan fingerprint density at radius 2 is 2.12 bits per heavy atom. The van der Waals surface area contributed by atoms with Crippen molar-refractivity contribution in [3.63, 3.8) is 0 Å². The van der Waals surface area contributed by atoms with Crippen LogP contribution in [0.5, 0.6) is 0 Å². The Hall–Kier alpha value is -0.960. The van der Waals surface area contributed by atoms with Gasteiger partial charge in [0.15, 0.2) is 0 Å². The van der Waals surface area contributed by atoms with Crippen molar-refractivity contribution in [3.05, 3.63) is 35.1 Å². The largest absolute Gasteiger partial charge is 0.330 e. The summed E-state index contributed by atoms with van der Waals surface area (Å²) in [4.78, 5) is 0. The third-order valence-electron chi connectivity index (χ3n) is 3.72. The predicted molar refractivity (Wildman–Crippen MR) is 60.5 cm³/mol. The number of benzene rings is 1. The second-order valence-electron chi connectivity index (χ2n) is 4.66. The maximum absolute atomic E-state index is 13.6. The molecule has 1 fully saturated rings. The van der Waals surface area contributed by atoms with Gasteiger partial charge in [-0.15, -0.1) is 0 Å². The fourth-order valence-electron chi connectivity index (χ4n) is 2.59. The fourth-order valence-corrected chi connectivity index (χ4v) is 2.59. The Balaban J connectivity index is 2.51. The fraction of sp³-hybridized carbons (Fsp3) is 0.538. The maximum Gasteiger partial charge on any atom is 0.129 e.